The molecule has 3 aliphatic rings. The quantitative estimate of drug-likeness (QED) is 0.484. The summed E-state index contributed by atoms with van der Waals surface area (Å²) in [5.74, 6) is -3.49. The van der Waals surface area contributed by atoms with Crippen molar-refractivity contribution in [2.45, 2.75) is 51.7 Å². The maximum atomic E-state index is 15.0. The lowest BCUT2D eigenvalue weighted by Crippen LogP contribution is -2.54. The Morgan fingerprint density at radius 1 is 1.09 bits per heavy atom. The highest BCUT2D eigenvalue weighted by Crippen LogP contribution is 2.36. The minimum atomic E-state index is -1.11. The highest BCUT2D eigenvalue weighted by atomic mass is 19.1. The molecular weight excluding hydrogens is 459 g/mol. The molecular formula is C24H29FN4O6. The van der Waals surface area contributed by atoms with E-state index in [0.29, 0.717) is 32.7 Å². The second-order valence-corrected chi connectivity index (χ2v) is 9.93. The van der Waals surface area contributed by atoms with Crippen LogP contribution in [0.5, 0.6) is 0 Å². The molecule has 2 fully saturated rings. The topological polar surface area (TPSA) is 116 Å². The summed E-state index contributed by atoms with van der Waals surface area (Å²) in [6, 6.07) is 1.31. The van der Waals surface area contributed by atoms with Gasteiger partial charge in [-0.05, 0) is 39.3 Å². The number of nitrogens with one attached hydrogen (secondary N) is 1. The van der Waals surface area contributed by atoms with Gasteiger partial charge < -0.3 is 9.64 Å². The van der Waals surface area contributed by atoms with Crippen LogP contribution in [0.1, 0.15) is 60.7 Å². The molecule has 11 heteroatoms. The molecule has 0 spiro atoms. The number of hydrogen-bond acceptors (Lipinski definition) is 8. The fourth-order valence-corrected chi connectivity index (χ4v) is 4.66. The second-order valence-electron chi connectivity index (χ2n) is 9.93. The summed E-state index contributed by atoms with van der Waals surface area (Å²) < 4.78 is 20.3. The first-order valence-electron chi connectivity index (χ1n) is 11.7. The molecule has 10 nitrogen and oxygen atoms in total. The van der Waals surface area contributed by atoms with E-state index in [2.05, 4.69) is 10.2 Å². The van der Waals surface area contributed by atoms with Crippen molar-refractivity contribution < 1.29 is 33.1 Å². The normalized spacial score (nSPS) is 21.3. The van der Waals surface area contributed by atoms with Crippen molar-refractivity contribution in [2.24, 2.45) is 0 Å². The molecule has 0 saturated carbocycles. The first-order chi connectivity index (χ1) is 16.5. The number of carbonyl (C=O) groups is 5. The number of carbonyl (C=O) groups excluding carboxylic acids is 5. The number of rotatable bonds is 5. The molecule has 188 valence electrons. The third kappa shape index (κ3) is 5.04. The maximum Gasteiger partial charge on any atom is 0.307 e. The van der Waals surface area contributed by atoms with E-state index in [-0.39, 0.29) is 42.0 Å². The van der Waals surface area contributed by atoms with Gasteiger partial charge in [0.25, 0.3) is 11.8 Å². The molecule has 3 aliphatic heterocycles. The molecule has 0 aliphatic carbocycles. The highest BCUT2D eigenvalue weighted by Gasteiger charge is 2.47. The van der Waals surface area contributed by atoms with Crippen molar-refractivity contribution in [1.29, 1.82) is 0 Å². The van der Waals surface area contributed by atoms with Crippen LogP contribution in [0.4, 0.5) is 10.1 Å². The number of amides is 4. The number of nitrogens with zero attached hydrogens (tertiary/aromatic N) is 3. The SMILES string of the molecule is CC(C)(C)OC(=O)CCN1CCN(c2c(F)ccc3c2C(=O)N(C2CCC(=O)NC2=O)C3=O)CC1. The van der Waals surface area contributed by atoms with Crippen molar-refractivity contribution in [3.05, 3.63) is 29.1 Å². The number of imide groups is 2. The van der Waals surface area contributed by atoms with E-state index >= 15 is 4.39 Å². The maximum absolute atomic E-state index is 15.0. The summed E-state index contributed by atoms with van der Waals surface area (Å²) in [6.45, 7) is 7.77. The molecule has 3 heterocycles. The first kappa shape index (κ1) is 24.8. The van der Waals surface area contributed by atoms with Crippen molar-refractivity contribution in [3.8, 4) is 0 Å². The molecule has 1 aromatic rings. The Balaban J connectivity index is 1.47. The third-order valence-electron chi connectivity index (χ3n) is 6.27. The summed E-state index contributed by atoms with van der Waals surface area (Å²) in [5, 5.41) is 2.15. The van der Waals surface area contributed by atoms with Crippen LogP contribution in [0.2, 0.25) is 0 Å². The van der Waals surface area contributed by atoms with Gasteiger partial charge in [-0.15, -0.1) is 0 Å². The van der Waals surface area contributed by atoms with Crippen molar-refractivity contribution in [1.82, 2.24) is 15.1 Å². The molecule has 0 bridgehead atoms. The van der Waals surface area contributed by atoms with E-state index in [1.54, 1.807) is 4.90 Å². The standard InChI is InChI=1S/C24H29FN4O6/c1-24(2,3)35-18(31)8-9-27-10-12-28(13-11-27)20-15(25)5-4-14-19(20)23(34)29(22(14)33)16-6-7-17(30)26-21(16)32/h4-5,16H,6-13H2,1-3H3,(H,26,30,32). The van der Waals surface area contributed by atoms with E-state index < -0.39 is 41.1 Å². The molecule has 1 atom stereocenters. The first-order valence-corrected chi connectivity index (χ1v) is 11.7. The summed E-state index contributed by atoms with van der Waals surface area (Å²) >= 11 is 0. The van der Waals surface area contributed by atoms with Crippen LogP contribution >= 0.6 is 0 Å². The number of piperazine rings is 1. The van der Waals surface area contributed by atoms with E-state index in [1.807, 2.05) is 20.8 Å². The predicted molar refractivity (Wildman–Crippen MR) is 122 cm³/mol. The number of benzene rings is 1. The zero-order valence-electron chi connectivity index (χ0n) is 20.1. The van der Waals surface area contributed by atoms with Gasteiger partial charge in [-0.2, -0.15) is 0 Å². The predicted octanol–water partition coefficient (Wildman–Crippen LogP) is 1.08. The Hall–Kier alpha value is -3.34. The Bertz CT molecular complexity index is 1090. The summed E-state index contributed by atoms with van der Waals surface area (Å²) in [6.07, 6.45) is 0.279. The molecule has 0 aromatic heterocycles. The molecule has 1 aromatic carbocycles. The number of piperidine rings is 1. The fraction of sp³-hybridized carbons (Fsp3) is 0.542. The average molecular weight is 489 g/mol. The van der Waals surface area contributed by atoms with Crippen LogP contribution in [-0.2, 0) is 19.1 Å². The molecule has 2 saturated heterocycles. The zero-order valence-corrected chi connectivity index (χ0v) is 20.1. The minimum Gasteiger partial charge on any atom is -0.460 e. The van der Waals surface area contributed by atoms with E-state index in [1.165, 1.54) is 6.07 Å². The van der Waals surface area contributed by atoms with E-state index in [4.69, 9.17) is 4.74 Å². The monoisotopic (exact) mass is 488 g/mol. The zero-order chi connectivity index (χ0) is 25.5. The second kappa shape index (κ2) is 9.37. The largest absolute Gasteiger partial charge is 0.460 e. The molecule has 4 amide bonds. The Morgan fingerprint density at radius 2 is 1.77 bits per heavy atom. The number of anilines is 1. The minimum absolute atomic E-state index is 0.0102. The number of hydrogen-bond donors (Lipinski definition) is 1. The average Bonchev–Trinajstić information content (AvgIpc) is 3.02. The Labute approximate surface area is 202 Å². The van der Waals surface area contributed by atoms with Gasteiger partial charge in [-0.3, -0.25) is 39.1 Å². The number of ether oxygens (including phenoxy) is 1. The highest BCUT2D eigenvalue weighted by molar-refractivity contribution is 6.25. The fourth-order valence-electron chi connectivity index (χ4n) is 4.66. The van der Waals surface area contributed by atoms with Gasteiger partial charge in [-0.1, -0.05) is 0 Å². The Morgan fingerprint density at radius 3 is 2.40 bits per heavy atom. The smallest absolute Gasteiger partial charge is 0.307 e. The molecule has 4 rings (SSSR count). The third-order valence-corrected chi connectivity index (χ3v) is 6.27. The van der Waals surface area contributed by atoms with Crippen LogP contribution < -0.4 is 10.2 Å². The Kier molecular flexibility index (Phi) is 6.63. The lowest BCUT2D eigenvalue weighted by Gasteiger charge is -2.36. The van der Waals surface area contributed by atoms with Gasteiger partial charge in [0.1, 0.15) is 17.5 Å². The van der Waals surface area contributed by atoms with Gasteiger partial charge in [-0.25, -0.2) is 4.39 Å². The summed E-state index contributed by atoms with van der Waals surface area (Å²) in [5.41, 5.74) is -0.514. The van der Waals surface area contributed by atoms with Gasteiger partial charge in [0.15, 0.2) is 0 Å². The summed E-state index contributed by atoms with van der Waals surface area (Å²) in [7, 11) is 0. The lowest BCUT2D eigenvalue weighted by atomic mass is 10.0. The lowest BCUT2D eigenvalue weighted by molar-refractivity contribution is -0.155. The van der Waals surface area contributed by atoms with Crippen LogP contribution in [0, 0.1) is 5.82 Å². The van der Waals surface area contributed by atoms with E-state index in [9.17, 15) is 24.0 Å². The van der Waals surface area contributed by atoms with Gasteiger partial charge in [0, 0.05) is 39.1 Å². The van der Waals surface area contributed by atoms with Crippen LogP contribution in [-0.4, -0.2) is 83.8 Å². The van der Waals surface area contributed by atoms with Crippen molar-refractivity contribution >= 4 is 35.3 Å². The van der Waals surface area contributed by atoms with Crippen LogP contribution in [0.25, 0.3) is 0 Å². The van der Waals surface area contributed by atoms with Gasteiger partial charge in [0.2, 0.25) is 11.8 Å². The summed E-state index contributed by atoms with van der Waals surface area (Å²) in [4.78, 5) is 66.7. The van der Waals surface area contributed by atoms with Crippen LogP contribution in [0.3, 0.4) is 0 Å². The molecule has 1 N–H and O–H groups in total. The van der Waals surface area contributed by atoms with Gasteiger partial charge >= 0.3 is 5.97 Å². The molecule has 35 heavy (non-hydrogen) atoms. The van der Waals surface area contributed by atoms with Crippen molar-refractivity contribution in [3.63, 3.8) is 0 Å². The molecule has 0 radical (unpaired) electrons. The number of halogens is 1. The van der Waals surface area contributed by atoms with Crippen LogP contribution in [0.15, 0.2) is 12.1 Å². The van der Waals surface area contributed by atoms with Gasteiger partial charge in [0.05, 0.1) is 23.2 Å². The van der Waals surface area contributed by atoms with E-state index in [0.717, 1.165) is 11.0 Å². The molecule has 1 unspecified atom stereocenters. The number of fused-ring (bicyclic) bond motifs is 1. The number of esters is 1. The van der Waals surface area contributed by atoms with Crippen molar-refractivity contribution in [2.75, 3.05) is 37.6 Å².